The molecule has 0 N–H and O–H groups in total. The zero-order chi connectivity index (χ0) is 33.8. The molecule has 0 bridgehead atoms. The van der Waals surface area contributed by atoms with Crippen molar-refractivity contribution in [3.8, 4) is 0 Å². The fourth-order valence-corrected chi connectivity index (χ4v) is 5.49. The van der Waals surface area contributed by atoms with Crippen LogP contribution in [0.25, 0.3) is 0 Å². The van der Waals surface area contributed by atoms with Crippen molar-refractivity contribution in [2.75, 3.05) is 53.5 Å². The maximum atomic E-state index is 12.0. The van der Waals surface area contributed by atoms with E-state index in [-0.39, 0.29) is 11.9 Å². The van der Waals surface area contributed by atoms with Crippen LogP contribution in [-0.2, 0) is 19.1 Å². The normalized spacial score (nSPS) is 11.9. The predicted molar refractivity (Wildman–Crippen MR) is 197 cm³/mol. The van der Waals surface area contributed by atoms with E-state index < -0.39 is 0 Å². The SMILES string of the molecule is CCCCC/C=C\CCOC(=O)CCCCCCCN(CCCCCCCC(=O)OCC/C=C\CCCCC)CCCCN(C)C. The third-order valence-corrected chi connectivity index (χ3v) is 8.42. The summed E-state index contributed by atoms with van der Waals surface area (Å²) >= 11 is 0. The first-order chi connectivity index (χ1) is 22.5. The van der Waals surface area contributed by atoms with Gasteiger partial charge in [-0.3, -0.25) is 9.59 Å². The summed E-state index contributed by atoms with van der Waals surface area (Å²) in [6.07, 6.45) is 35.3. The van der Waals surface area contributed by atoms with Crippen LogP contribution >= 0.6 is 0 Å². The molecule has 0 aliphatic rings. The first-order valence-corrected chi connectivity index (χ1v) is 19.5. The van der Waals surface area contributed by atoms with Crippen molar-refractivity contribution in [3.05, 3.63) is 24.3 Å². The van der Waals surface area contributed by atoms with Gasteiger partial charge in [0.15, 0.2) is 0 Å². The number of rotatable bonds is 35. The second-order valence-electron chi connectivity index (χ2n) is 13.3. The fourth-order valence-electron chi connectivity index (χ4n) is 5.49. The van der Waals surface area contributed by atoms with Gasteiger partial charge in [-0.1, -0.05) is 102 Å². The Bertz CT molecular complexity index is 670. The highest BCUT2D eigenvalue weighted by atomic mass is 16.5. The van der Waals surface area contributed by atoms with Gasteiger partial charge in [0.25, 0.3) is 0 Å². The van der Waals surface area contributed by atoms with Gasteiger partial charge in [0.05, 0.1) is 13.2 Å². The summed E-state index contributed by atoms with van der Waals surface area (Å²) < 4.78 is 10.8. The van der Waals surface area contributed by atoms with Gasteiger partial charge in [-0.15, -0.1) is 0 Å². The molecule has 270 valence electrons. The smallest absolute Gasteiger partial charge is 0.305 e. The Balaban J connectivity index is 3.92. The van der Waals surface area contributed by atoms with Crippen molar-refractivity contribution in [2.24, 2.45) is 0 Å². The molecule has 0 rings (SSSR count). The lowest BCUT2D eigenvalue weighted by Crippen LogP contribution is -2.28. The van der Waals surface area contributed by atoms with E-state index in [0.29, 0.717) is 26.1 Å². The Labute approximate surface area is 286 Å². The number of carbonyl (C=O) groups is 2. The lowest BCUT2D eigenvalue weighted by atomic mass is 10.1. The molecule has 0 radical (unpaired) electrons. The maximum absolute atomic E-state index is 12.0. The molecular weight excluding hydrogens is 572 g/mol. The highest BCUT2D eigenvalue weighted by Crippen LogP contribution is 2.11. The van der Waals surface area contributed by atoms with Crippen molar-refractivity contribution >= 4 is 11.9 Å². The van der Waals surface area contributed by atoms with Crippen LogP contribution in [0.3, 0.4) is 0 Å². The van der Waals surface area contributed by atoms with Crippen LogP contribution in [0.2, 0.25) is 0 Å². The molecule has 0 spiro atoms. The standard InChI is InChI=1S/C40H76N2O4/c1-5-7-9-11-13-21-29-37-45-39(43)31-23-17-15-19-25-34-42(36-28-27-33-41(3)4)35-26-20-16-18-24-32-40(44)46-38-30-22-14-12-10-8-6-2/h13-14,21-22H,5-12,15-20,23-38H2,1-4H3/b21-13-,22-14-. The van der Waals surface area contributed by atoms with Gasteiger partial charge in [0, 0.05) is 12.8 Å². The van der Waals surface area contributed by atoms with E-state index >= 15 is 0 Å². The molecule has 0 atom stereocenters. The third-order valence-electron chi connectivity index (χ3n) is 8.42. The first-order valence-electron chi connectivity index (χ1n) is 19.5. The Morgan fingerprint density at radius 3 is 1.26 bits per heavy atom. The number of nitrogens with zero attached hydrogens (tertiary/aromatic N) is 2. The Hall–Kier alpha value is -1.66. The fraction of sp³-hybridized carbons (Fsp3) is 0.850. The second kappa shape index (κ2) is 36.2. The van der Waals surface area contributed by atoms with Gasteiger partial charge in [0.2, 0.25) is 0 Å². The number of carbonyl (C=O) groups excluding carboxylic acids is 2. The summed E-state index contributed by atoms with van der Waals surface area (Å²) in [5.74, 6) is -0.0839. The lowest BCUT2D eigenvalue weighted by molar-refractivity contribution is -0.144. The zero-order valence-corrected chi connectivity index (χ0v) is 31.1. The Kier molecular flexibility index (Phi) is 34.9. The molecule has 6 nitrogen and oxygen atoms in total. The average Bonchev–Trinajstić information content (AvgIpc) is 3.04. The van der Waals surface area contributed by atoms with Crippen LogP contribution in [-0.4, -0.2) is 75.2 Å². The number of hydrogen-bond donors (Lipinski definition) is 0. The first kappa shape index (κ1) is 44.3. The summed E-state index contributed by atoms with van der Waals surface area (Å²) in [5, 5.41) is 0. The molecule has 0 aliphatic heterocycles. The number of hydrogen-bond acceptors (Lipinski definition) is 6. The maximum Gasteiger partial charge on any atom is 0.305 e. The van der Waals surface area contributed by atoms with Crippen molar-refractivity contribution < 1.29 is 19.1 Å². The highest BCUT2D eigenvalue weighted by molar-refractivity contribution is 5.69. The summed E-state index contributed by atoms with van der Waals surface area (Å²) in [6.45, 7) is 10.2. The van der Waals surface area contributed by atoms with E-state index in [9.17, 15) is 9.59 Å². The van der Waals surface area contributed by atoms with Crippen molar-refractivity contribution in [1.82, 2.24) is 9.80 Å². The molecule has 0 unspecified atom stereocenters. The molecular formula is C40H76N2O4. The van der Waals surface area contributed by atoms with Crippen LogP contribution in [0, 0.1) is 0 Å². The number of unbranched alkanes of at least 4 members (excludes halogenated alkanes) is 15. The van der Waals surface area contributed by atoms with E-state index in [1.54, 1.807) is 0 Å². The zero-order valence-electron chi connectivity index (χ0n) is 31.1. The number of allylic oxidation sites excluding steroid dienone is 2. The van der Waals surface area contributed by atoms with Crippen molar-refractivity contribution in [2.45, 2.75) is 168 Å². The van der Waals surface area contributed by atoms with Crippen LogP contribution in [0.15, 0.2) is 24.3 Å². The number of ether oxygens (including phenoxy) is 2. The van der Waals surface area contributed by atoms with E-state index in [0.717, 1.165) is 57.9 Å². The van der Waals surface area contributed by atoms with Crippen molar-refractivity contribution in [3.63, 3.8) is 0 Å². The van der Waals surface area contributed by atoms with E-state index in [1.165, 1.54) is 110 Å². The lowest BCUT2D eigenvalue weighted by Gasteiger charge is -2.23. The Morgan fingerprint density at radius 2 is 0.826 bits per heavy atom. The summed E-state index contributed by atoms with van der Waals surface area (Å²) in [6, 6.07) is 0. The molecule has 0 aromatic heterocycles. The van der Waals surface area contributed by atoms with Crippen LogP contribution in [0.1, 0.15) is 168 Å². The molecule has 46 heavy (non-hydrogen) atoms. The van der Waals surface area contributed by atoms with E-state index in [1.807, 2.05) is 0 Å². The van der Waals surface area contributed by atoms with Gasteiger partial charge >= 0.3 is 11.9 Å². The molecule has 6 heteroatoms. The quantitative estimate of drug-likeness (QED) is 0.0387. The van der Waals surface area contributed by atoms with Gasteiger partial charge in [-0.05, 0) is 117 Å². The summed E-state index contributed by atoms with van der Waals surface area (Å²) in [4.78, 5) is 28.9. The molecule has 0 aromatic carbocycles. The van der Waals surface area contributed by atoms with Gasteiger partial charge in [-0.25, -0.2) is 0 Å². The third kappa shape index (κ3) is 35.2. The average molecular weight is 649 g/mol. The number of esters is 2. The molecule has 0 aliphatic carbocycles. The summed E-state index contributed by atoms with van der Waals surface area (Å²) in [7, 11) is 4.30. The van der Waals surface area contributed by atoms with Crippen LogP contribution < -0.4 is 0 Å². The molecule has 0 saturated heterocycles. The molecule has 0 saturated carbocycles. The molecule has 0 heterocycles. The predicted octanol–water partition coefficient (Wildman–Crippen LogP) is 10.5. The van der Waals surface area contributed by atoms with Gasteiger partial charge < -0.3 is 19.3 Å². The largest absolute Gasteiger partial charge is 0.465 e. The Morgan fingerprint density at radius 1 is 0.457 bits per heavy atom. The molecule has 0 amide bonds. The highest BCUT2D eigenvalue weighted by Gasteiger charge is 2.07. The van der Waals surface area contributed by atoms with Crippen molar-refractivity contribution in [1.29, 1.82) is 0 Å². The summed E-state index contributed by atoms with van der Waals surface area (Å²) in [5.41, 5.74) is 0. The monoisotopic (exact) mass is 649 g/mol. The van der Waals surface area contributed by atoms with E-state index in [2.05, 4.69) is 62.0 Å². The minimum absolute atomic E-state index is 0.0420. The molecule has 0 fully saturated rings. The minimum Gasteiger partial charge on any atom is -0.465 e. The topological polar surface area (TPSA) is 59.1 Å². The van der Waals surface area contributed by atoms with E-state index in [4.69, 9.17) is 9.47 Å². The minimum atomic E-state index is -0.0420. The molecule has 0 aromatic rings. The van der Waals surface area contributed by atoms with Crippen LogP contribution in [0.4, 0.5) is 0 Å². The van der Waals surface area contributed by atoms with Gasteiger partial charge in [0.1, 0.15) is 0 Å². The second-order valence-corrected chi connectivity index (χ2v) is 13.3. The van der Waals surface area contributed by atoms with Gasteiger partial charge in [-0.2, -0.15) is 0 Å². The van der Waals surface area contributed by atoms with Crippen LogP contribution in [0.5, 0.6) is 0 Å².